The second-order valence-corrected chi connectivity index (χ2v) is 6.39. The Hall–Kier alpha value is -1.49. The molecule has 2 N–H and O–H groups in total. The molecule has 2 heterocycles. The van der Waals surface area contributed by atoms with E-state index in [1.54, 1.807) is 6.26 Å². The topological polar surface area (TPSA) is 52.8 Å². The predicted octanol–water partition coefficient (Wildman–Crippen LogP) is 2.38. The summed E-state index contributed by atoms with van der Waals surface area (Å²) in [7, 11) is 1.84. The number of aliphatic imine (C=N–C) groups is 1. The maximum Gasteiger partial charge on any atom is 0.191 e. The van der Waals surface area contributed by atoms with Gasteiger partial charge in [-0.1, -0.05) is 12.8 Å². The van der Waals surface area contributed by atoms with Crippen molar-refractivity contribution >= 4 is 5.96 Å². The van der Waals surface area contributed by atoms with E-state index in [4.69, 9.17) is 4.42 Å². The molecule has 1 saturated carbocycles. The van der Waals surface area contributed by atoms with Crippen LogP contribution in [0.2, 0.25) is 0 Å². The molecule has 1 saturated heterocycles. The normalized spacial score (nSPS) is 21.0. The first kappa shape index (κ1) is 15.4. The lowest BCUT2D eigenvalue weighted by molar-refractivity contribution is 0.215. The number of furan rings is 1. The first-order valence-corrected chi connectivity index (χ1v) is 8.59. The molecule has 0 bridgehead atoms. The molecule has 0 aromatic carbocycles. The van der Waals surface area contributed by atoms with Crippen LogP contribution in [0.1, 0.15) is 43.9 Å². The van der Waals surface area contributed by atoms with Gasteiger partial charge in [0.05, 0.1) is 12.3 Å². The number of nitrogens with zero attached hydrogens (tertiary/aromatic N) is 2. The van der Waals surface area contributed by atoms with Crippen LogP contribution in [0.3, 0.4) is 0 Å². The van der Waals surface area contributed by atoms with E-state index in [2.05, 4.69) is 26.6 Å². The number of nitrogens with one attached hydrogen (secondary N) is 2. The number of hydrogen-bond acceptors (Lipinski definition) is 3. The van der Waals surface area contributed by atoms with E-state index in [1.807, 2.05) is 13.1 Å². The molecule has 3 rings (SSSR count). The summed E-state index contributed by atoms with van der Waals surface area (Å²) in [4.78, 5) is 6.83. The molecule has 0 spiro atoms. The highest BCUT2D eigenvalue weighted by Gasteiger charge is 2.25. The summed E-state index contributed by atoms with van der Waals surface area (Å²) in [5.74, 6) is 2.89. The lowest BCUT2D eigenvalue weighted by atomic mass is 10.2. The van der Waals surface area contributed by atoms with Crippen molar-refractivity contribution in [3.05, 3.63) is 24.2 Å². The molecular weight excluding hydrogens is 276 g/mol. The molecule has 1 unspecified atom stereocenters. The van der Waals surface area contributed by atoms with E-state index in [9.17, 15) is 0 Å². The van der Waals surface area contributed by atoms with Crippen molar-refractivity contribution in [3.8, 4) is 0 Å². The third-order valence-corrected chi connectivity index (χ3v) is 4.68. The van der Waals surface area contributed by atoms with Crippen LogP contribution in [0.4, 0.5) is 0 Å². The van der Waals surface area contributed by atoms with Gasteiger partial charge in [-0.25, -0.2) is 0 Å². The zero-order chi connectivity index (χ0) is 15.2. The molecule has 1 aromatic rings. The lowest BCUT2D eigenvalue weighted by Gasteiger charge is -2.26. The number of likely N-dealkylation sites (tertiary alicyclic amines) is 1. The van der Waals surface area contributed by atoms with Gasteiger partial charge in [-0.05, 0) is 50.4 Å². The van der Waals surface area contributed by atoms with Crippen LogP contribution in [0.25, 0.3) is 0 Å². The minimum atomic E-state index is 0.291. The van der Waals surface area contributed by atoms with Gasteiger partial charge >= 0.3 is 0 Å². The number of hydrogen-bond donors (Lipinski definition) is 2. The maximum atomic E-state index is 5.65. The molecule has 0 amide bonds. The Labute approximate surface area is 133 Å². The van der Waals surface area contributed by atoms with Gasteiger partial charge in [0.2, 0.25) is 0 Å². The predicted molar refractivity (Wildman–Crippen MR) is 89.0 cm³/mol. The fourth-order valence-electron chi connectivity index (χ4n) is 3.16. The molecule has 1 atom stereocenters. The minimum absolute atomic E-state index is 0.291. The second-order valence-electron chi connectivity index (χ2n) is 6.39. The summed E-state index contributed by atoms with van der Waals surface area (Å²) in [6.07, 6.45) is 8.40. The zero-order valence-electron chi connectivity index (χ0n) is 13.6. The van der Waals surface area contributed by atoms with Crippen molar-refractivity contribution in [3.63, 3.8) is 0 Å². The second kappa shape index (κ2) is 7.68. The molecule has 1 aliphatic heterocycles. The number of guanidine groups is 1. The Morgan fingerprint density at radius 1 is 1.36 bits per heavy atom. The van der Waals surface area contributed by atoms with E-state index in [-0.39, 0.29) is 0 Å². The van der Waals surface area contributed by atoms with Crippen LogP contribution in [-0.4, -0.2) is 44.1 Å². The third-order valence-electron chi connectivity index (χ3n) is 4.68. The molecule has 2 aliphatic rings. The van der Waals surface area contributed by atoms with Crippen molar-refractivity contribution in [2.45, 2.75) is 38.1 Å². The van der Waals surface area contributed by atoms with Gasteiger partial charge in [-0.2, -0.15) is 0 Å². The fraction of sp³-hybridized carbons (Fsp3) is 0.706. The van der Waals surface area contributed by atoms with Crippen molar-refractivity contribution in [2.75, 3.05) is 33.2 Å². The summed E-state index contributed by atoms with van der Waals surface area (Å²) < 4.78 is 5.65. The van der Waals surface area contributed by atoms with Gasteiger partial charge in [0.25, 0.3) is 0 Å². The van der Waals surface area contributed by atoms with Gasteiger partial charge in [0, 0.05) is 20.1 Å². The van der Waals surface area contributed by atoms with Gasteiger partial charge in [0.1, 0.15) is 5.76 Å². The molecule has 2 fully saturated rings. The molecule has 5 nitrogen and oxygen atoms in total. The minimum Gasteiger partial charge on any atom is -0.468 e. The zero-order valence-corrected chi connectivity index (χ0v) is 13.6. The average Bonchev–Trinajstić information content (AvgIpc) is 3.01. The molecular formula is C17H28N4O. The largest absolute Gasteiger partial charge is 0.468 e. The summed E-state index contributed by atoms with van der Waals surface area (Å²) in [5, 5.41) is 6.89. The van der Waals surface area contributed by atoms with E-state index >= 15 is 0 Å². The van der Waals surface area contributed by atoms with Gasteiger partial charge in [-0.3, -0.25) is 9.89 Å². The van der Waals surface area contributed by atoms with Crippen molar-refractivity contribution < 1.29 is 4.42 Å². The molecule has 1 aromatic heterocycles. The van der Waals surface area contributed by atoms with Crippen LogP contribution < -0.4 is 10.6 Å². The Balaban J connectivity index is 1.50. The Bertz CT molecular complexity index is 461. The average molecular weight is 304 g/mol. The standard InChI is InChI=1S/C17H28N4O/c1-18-17(19-9-8-14-6-7-14)20-13-15(16-5-4-12-22-16)21-10-2-3-11-21/h4-5,12,14-15H,2-3,6-11,13H2,1H3,(H2,18,19,20). The highest BCUT2D eigenvalue weighted by Crippen LogP contribution is 2.31. The van der Waals surface area contributed by atoms with E-state index < -0.39 is 0 Å². The van der Waals surface area contributed by atoms with Crippen molar-refractivity contribution in [2.24, 2.45) is 10.9 Å². The monoisotopic (exact) mass is 304 g/mol. The van der Waals surface area contributed by atoms with Gasteiger partial charge in [0.15, 0.2) is 5.96 Å². The van der Waals surface area contributed by atoms with Crippen molar-refractivity contribution in [1.82, 2.24) is 15.5 Å². The molecule has 22 heavy (non-hydrogen) atoms. The Kier molecular flexibility index (Phi) is 5.38. The first-order valence-electron chi connectivity index (χ1n) is 8.59. The van der Waals surface area contributed by atoms with Crippen LogP contribution >= 0.6 is 0 Å². The van der Waals surface area contributed by atoms with Crippen LogP contribution in [0.5, 0.6) is 0 Å². The molecule has 0 radical (unpaired) electrons. The Morgan fingerprint density at radius 3 is 2.82 bits per heavy atom. The van der Waals surface area contributed by atoms with E-state index in [1.165, 1.54) is 32.1 Å². The van der Waals surface area contributed by atoms with E-state index in [0.29, 0.717) is 6.04 Å². The van der Waals surface area contributed by atoms with Gasteiger partial charge in [-0.15, -0.1) is 0 Å². The first-order chi connectivity index (χ1) is 10.9. The fourth-order valence-corrected chi connectivity index (χ4v) is 3.16. The van der Waals surface area contributed by atoms with Crippen molar-refractivity contribution in [1.29, 1.82) is 0 Å². The number of rotatable bonds is 7. The molecule has 1 aliphatic carbocycles. The summed E-state index contributed by atoms with van der Waals surface area (Å²) in [6, 6.07) is 4.34. The van der Waals surface area contributed by atoms with Crippen LogP contribution in [0, 0.1) is 5.92 Å². The quantitative estimate of drug-likeness (QED) is 0.600. The van der Waals surface area contributed by atoms with Gasteiger partial charge < -0.3 is 15.1 Å². The summed E-state index contributed by atoms with van der Waals surface area (Å²) in [6.45, 7) is 4.15. The maximum absolute atomic E-state index is 5.65. The van der Waals surface area contributed by atoms with E-state index in [0.717, 1.165) is 43.8 Å². The highest BCUT2D eigenvalue weighted by molar-refractivity contribution is 5.79. The SMILES string of the molecule is CN=C(NCCC1CC1)NCC(c1ccco1)N1CCCC1. The van der Waals surface area contributed by atoms with Crippen LogP contribution in [0.15, 0.2) is 27.8 Å². The van der Waals surface area contributed by atoms with Crippen LogP contribution in [-0.2, 0) is 0 Å². The smallest absolute Gasteiger partial charge is 0.191 e. The summed E-state index contributed by atoms with van der Waals surface area (Å²) >= 11 is 0. The highest BCUT2D eigenvalue weighted by atomic mass is 16.3. The summed E-state index contributed by atoms with van der Waals surface area (Å²) in [5.41, 5.74) is 0. The molecule has 122 valence electrons. The lowest BCUT2D eigenvalue weighted by Crippen LogP contribution is -2.42. The third kappa shape index (κ3) is 4.26. The molecule has 5 heteroatoms. The Morgan fingerprint density at radius 2 is 2.18 bits per heavy atom.